The van der Waals surface area contributed by atoms with E-state index in [1.165, 1.54) is 16.7 Å². The second kappa shape index (κ2) is 4.18. The molecule has 0 saturated heterocycles. The van der Waals surface area contributed by atoms with Crippen LogP contribution in [0, 0.1) is 6.92 Å². The van der Waals surface area contributed by atoms with E-state index in [4.69, 9.17) is 0 Å². The summed E-state index contributed by atoms with van der Waals surface area (Å²) in [5, 5.41) is 3.12. The highest BCUT2D eigenvalue weighted by Crippen LogP contribution is 2.24. The third-order valence-corrected chi connectivity index (χ3v) is 2.63. The van der Waals surface area contributed by atoms with Crippen molar-refractivity contribution in [1.82, 2.24) is 0 Å². The Labute approximate surface area is 90.8 Å². The molecule has 2 rings (SSSR count). The summed E-state index contributed by atoms with van der Waals surface area (Å²) in [5.41, 5.74) is 5.04. The Kier molecular flexibility index (Phi) is 2.72. The van der Waals surface area contributed by atoms with Gasteiger partial charge in [-0.1, -0.05) is 36.4 Å². The first kappa shape index (κ1) is 9.78. The molecule has 0 bridgehead atoms. The van der Waals surface area contributed by atoms with Crippen molar-refractivity contribution in [2.45, 2.75) is 6.92 Å². The van der Waals surface area contributed by atoms with Crippen LogP contribution in [0.15, 0.2) is 48.5 Å². The van der Waals surface area contributed by atoms with Crippen LogP contribution in [0.25, 0.3) is 11.1 Å². The summed E-state index contributed by atoms with van der Waals surface area (Å²) >= 11 is 0. The van der Waals surface area contributed by atoms with Crippen LogP contribution in [0.2, 0.25) is 0 Å². The van der Waals surface area contributed by atoms with Crippen molar-refractivity contribution in [3.05, 3.63) is 54.1 Å². The summed E-state index contributed by atoms with van der Waals surface area (Å²) in [6.07, 6.45) is 0. The highest BCUT2D eigenvalue weighted by atomic mass is 14.8. The third-order valence-electron chi connectivity index (χ3n) is 2.63. The molecule has 0 atom stereocenters. The van der Waals surface area contributed by atoms with Gasteiger partial charge in [-0.05, 0) is 35.7 Å². The molecule has 0 spiro atoms. The zero-order chi connectivity index (χ0) is 10.7. The van der Waals surface area contributed by atoms with Crippen molar-refractivity contribution < 1.29 is 0 Å². The standard InChI is InChI=1S/C14H15N/c1-11-5-3-4-6-14(11)12-7-9-13(15-2)10-8-12/h3-10,15H,1-2H3. The molecule has 15 heavy (non-hydrogen) atoms. The molecule has 1 heteroatoms. The second-order valence-electron chi connectivity index (χ2n) is 3.64. The van der Waals surface area contributed by atoms with Gasteiger partial charge in [-0.2, -0.15) is 0 Å². The second-order valence-corrected chi connectivity index (χ2v) is 3.64. The Bertz CT molecular complexity index is 443. The Morgan fingerprint density at radius 3 is 2.13 bits per heavy atom. The molecule has 0 fully saturated rings. The quantitative estimate of drug-likeness (QED) is 0.774. The Morgan fingerprint density at radius 1 is 0.867 bits per heavy atom. The van der Waals surface area contributed by atoms with Crippen molar-refractivity contribution in [1.29, 1.82) is 0 Å². The van der Waals surface area contributed by atoms with Gasteiger partial charge in [0.25, 0.3) is 0 Å². The normalized spacial score (nSPS) is 10.0. The van der Waals surface area contributed by atoms with Gasteiger partial charge >= 0.3 is 0 Å². The van der Waals surface area contributed by atoms with E-state index in [9.17, 15) is 0 Å². The maximum absolute atomic E-state index is 3.12. The van der Waals surface area contributed by atoms with Gasteiger partial charge in [-0.15, -0.1) is 0 Å². The minimum absolute atomic E-state index is 1.15. The van der Waals surface area contributed by atoms with Gasteiger partial charge in [0.2, 0.25) is 0 Å². The number of nitrogens with one attached hydrogen (secondary N) is 1. The number of rotatable bonds is 2. The largest absolute Gasteiger partial charge is 0.388 e. The van der Waals surface area contributed by atoms with Gasteiger partial charge in [0.1, 0.15) is 0 Å². The van der Waals surface area contributed by atoms with Crippen molar-refractivity contribution in [2.24, 2.45) is 0 Å². The molecule has 76 valence electrons. The number of benzene rings is 2. The van der Waals surface area contributed by atoms with E-state index in [0.717, 1.165) is 5.69 Å². The minimum Gasteiger partial charge on any atom is -0.388 e. The Morgan fingerprint density at radius 2 is 1.53 bits per heavy atom. The summed E-state index contributed by atoms with van der Waals surface area (Å²) < 4.78 is 0. The molecule has 0 unspecified atom stereocenters. The summed E-state index contributed by atoms with van der Waals surface area (Å²) in [6, 6.07) is 16.9. The molecule has 0 aliphatic rings. The van der Waals surface area contributed by atoms with Crippen LogP contribution < -0.4 is 5.32 Å². The van der Waals surface area contributed by atoms with Crippen LogP contribution in [0.4, 0.5) is 5.69 Å². The average Bonchev–Trinajstić information content (AvgIpc) is 2.30. The number of aryl methyl sites for hydroxylation is 1. The highest BCUT2D eigenvalue weighted by Gasteiger charge is 1.99. The van der Waals surface area contributed by atoms with Crippen molar-refractivity contribution in [2.75, 3.05) is 12.4 Å². The molecule has 1 N–H and O–H groups in total. The van der Waals surface area contributed by atoms with Gasteiger partial charge in [0, 0.05) is 12.7 Å². The van der Waals surface area contributed by atoms with E-state index in [1.807, 2.05) is 7.05 Å². The molecule has 2 aromatic carbocycles. The first-order valence-corrected chi connectivity index (χ1v) is 5.15. The summed E-state index contributed by atoms with van der Waals surface area (Å²) in [7, 11) is 1.93. The molecule has 1 nitrogen and oxygen atoms in total. The summed E-state index contributed by atoms with van der Waals surface area (Å²) in [4.78, 5) is 0. The zero-order valence-corrected chi connectivity index (χ0v) is 9.12. The first-order valence-electron chi connectivity index (χ1n) is 5.15. The average molecular weight is 197 g/mol. The third kappa shape index (κ3) is 2.01. The predicted molar refractivity (Wildman–Crippen MR) is 66.2 cm³/mol. The minimum atomic E-state index is 1.15. The van der Waals surface area contributed by atoms with Crippen LogP contribution in [0.5, 0.6) is 0 Å². The van der Waals surface area contributed by atoms with E-state index >= 15 is 0 Å². The van der Waals surface area contributed by atoms with Gasteiger partial charge in [-0.25, -0.2) is 0 Å². The van der Waals surface area contributed by atoms with E-state index < -0.39 is 0 Å². The van der Waals surface area contributed by atoms with Gasteiger partial charge in [0.05, 0.1) is 0 Å². The topological polar surface area (TPSA) is 12.0 Å². The van der Waals surface area contributed by atoms with E-state index in [0.29, 0.717) is 0 Å². The molecule has 0 radical (unpaired) electrons. The smallest absolute Gasteiger partial charge is 0.0337 e. The molecule has 0 saturated carbocycles. The van der Waals surface area contributed by atoms with Crippen LogP contribution in [-0.2, 0) is 0 Å². The first-order chi connectivity index (χ1) is 7.31. The van der Waals surface area contributed by atoms with Gasteiger partial charge in [-0.3, -0.25) is 0 Å². The predicted octanol–water partition coefficient (Wildman–Crippen LogP) is 3.70. The fourth-order valence-electron chi connectivity index (χ4n) is 1.71. The molecule has 0 aliphatic heterocycles. The summed E-state index contributed by atoms with van der Waals surface area (Å²) in [5.74, 6) is 0. The number of hydrogen-bond donors (Lipinski definition) is 1. The van der Waals surface area contributed by atoms with Crippen LogP contribution in [0.1, 0.15) is 5.56 Å². The lowest BCUT2D eigenvalue weighted by molar-refractivity contribution is 1.45. The molecule has 0 heterocycles. The Balaban J connectivity index is 2.42. The van der Waals surface area contributed by atoms with E-state index in [1.54, 1.807) is 0 Å². The van der Waals surface area contributed by atoms with Crippen LogP contribution in [-0.4, -0.2) is 7.05 Å². The maximum Gasteiger partial charge on any atom is 0.0337 e. The zero-order valence-electron chi connectivity index (χ0n) is 9.12. The lowest BCUT2D eigenvalue weighted by Crippen LogP contribution is -1.87. The van der Waals surface area contributed by atoms with Gasteiger partial charge in [0.15, 0.2) is 0 Å². The summed E-state index contributed by atoms with van der Waals surface area (Å²) in [6.45, 7) is 2.14. The maximum atomic E-state index is 3.12. The highest BCUT2D eigenvalue weighted by molar-refractivity contribution is 5.68. The fraction of sp³-hybridized carbons (Fsp3) is 0.143. The fourth-order valence-corrected chi connectivity index (χ4v) is 1.71. The van der Waals surface area contributed by atoms with Gasteiger partial charge < -0.3 is 5.32 Å². The molecular weight excluding hydrogens is 182 g/mol. The molecule has 2 aromatic rings. The van der Waals surface area contributed by atoms with Crippen LogP contribution in [0.3, 0.4) is 0 Å². The van der Waals surface area contributed by atoms with Crippen molar-refractivity contribution >= 4 is 5.69 Å². The van der Waals surface area contributed by atoms with E-state index in [-0.39, 0.29) is 0 Å². The number of hydrogen-bond acceptors (Lipinski definition) is 1. The van der Waals surface area contributed by atoms with Crippen LogP contribution >= 0.6 is 0 Å². The SMILES string of the molecule is CNc1ccc(-c2ccccc2C)cc1. The molecule has 0 amide bonds. The molecule has 0 aliphatic carbocycles. The number of anilines is 1. The lowest BCUT2D eigenvalue weighted by Gasteiger charge is -2.06. The van der Waals surface area contributed by atoms with Crippen molar-refractivity contribution in [3.63, 3.8) is 0 Å². The molecule has 0 aromatic heterocycles. The van der Waals surface area contributed by atoms with E-state index in [2.05, 4.69) is 60.8 Å². The molecular formula is C14H15N. The Hall–Kier alpha value is -1.76. The lowest BCUT2D eigenvalue weighted by atomic mass is 10.0. The monoisotopic (exact) mass is 197 g/mol. The van der Waals surface area contributed by atoms with Crippen molar-refractivity contribution in [3.8, 4) is 11.1 Å².